The smallest absolute Gasteiger partial charge is 0.225 e. The highest BCUT2D eigenvalue weighted by atomic mass is 16.5. The first-order valence-electron chi connectivity index (χ1n) is 6.67. The number of nitrogens with zero attached hydrogens (tertiary/aromatic N) is 3. The Morgan fingerprint density at radius 2 is 2.44 bits per heavy atom. The monoisotopic (exact) mass is 245 g/mol. The lowest BCUT2D eigenvalue weighted by molar-refractivity contribution is 0.109. The predicted octanol–water partition coefficient (Wildman–Crippen LogP) is 1.95. The van der Waals surface area contributed by atoms with Crippen molar-refractivity contribution in [1.29, 1.82) is 0 Å². The minimum Gasteiger partial charge on any atom is -0.376 e. The van der Waals surface area contributed by atoms with Crippen LogP contribution in [0.15, 0.2) is 18.9 Å². The zero-order valence-electron chi connectivity index (χ0n) is 10.6. The Balaban J connectivity index is 1.81. The zero-order valence-corrected chi connectivity index (χ0v) is 10.6. The van der Waals surface area contributed by atoms with E-state index in [1.54, 1.807) is 0 Å². The number of hydrogen-bond acceptors (Lipinski definition) is 4. The molecule has 1 saturated heterocycles. The van der Waals surface area contributed by atoms with Gasteiger partial charge in [-0.1, -0.05) is 6.08 Å². The summed E-state index contributed by atoms with van der Waals surface area (Å²) in [6.45, 7) is 7.39. The lowest BCUT2D eigenvalue weighted by atomic mass is 9.99. The van der Waals surface area contributed by atoms with Gasteiger partial charge in [-0.2, -0.15) is 0 Å². The molecule has 0 radical (unpaired) electrons. The van der Waals surface area contributed by atoms with Crippen LogP contribution in [0.4, 0.5) is 5.95 Å². The van der Waals surface area contributed by atoms with E-state index in [2.05, 4.69) is 22.5 Å². The van der Waals surface area contributed by atoms with Crippen LogP contribution in [0.1, 0.15) is 24.1 Å². The van der Waals surface area contributed by atoms with Crippen LogP contribution < -0.4 is 4.90 Å². The fraction of sp³-hybridized carbons (Fsp3) is 0.571. The molecule has 1 aromatic heterocycles. The number of hydrogen-bond donors (Lipinski definition) is 0. The number of rotatable bonds is 2. The van der Waals surface area contributed by atoms with Gasteiger partial charge in [-0.3, -0.25) is 0 Å². The summed E-state index contributed by atoms with van der Waals surface area (Å²) in [5, 5.41) is 0. The molecule has 0 saturated carbocycles. The minimum absolute atomic E-state index is 0.571. The quantitative estimate of drug-likeness (QED) is 0.746. The van der Waals surface area contributed by atoms with Crippen molar-refractivity contribution in [2.24, 2.45) is 5.92 Å². The van der Waals surface area contributed by atoms with Gasteiger partial charge in [0.2, 0.25) is 5.95 Å². The molecule has 1 unspecified atom stereocenters. The lowest BCUT2D eigenvalue weighted by Gasteiger charge is -2.31. The van der Waals surface area contributed by atoms with Crippen LogP contribution in [0.2, 0.25) is 0 Å². The van der Waals surface area contributed by atoms with E-state index in [1.165, 1.54) is 12.8 Å². The van der Waals surface area contributed by atoms with Gasteiger partial charge < -0.3 is 9.64 Å². The van der Waals surface area contributed by atoms with Crippen LogP contribution in [-0.2, 0) is 17.8 Å². The third-order valence-corrected chi connectivity index (χ3v) is 3.76. The fourth-order valence-corrected chi connectivity index (χ4v) is 2.66. The van der Waals surface area contributed by atoms with Gasteiger partial charge in [0.05, 0.1) is 18.9 Å². The molecule has 0 spiro atoms. The molecule has 0 amide bonds. The molecule has 18 heavy (non-hydrogen) atoms. The zero-order chi connectivity index (χ0) is 12.4. The summed E-state index contributed by atoms with van der Waals surface area (Å²) >= 11 is 0. The van der Waals surface area contributed by atoms with E-state index in [1.807, 2.05) is 6.20 Å². The van der Waals surface area contributed by atoms with Crippen LogP contribution >= 0.6 is 0 Å². The molecule has 2 aliphatic heterocycles. The van der Waals surface area contributed by atoms with Crippen molar-refractivity contribution in [2.75, 3.05) is 24.6 Å². The topological polar surface area (TPSA) is 38.2 Å². The molecule has 96 valence electrons. The van der Waals surface area contributed by atoms with Gasteiger partial charge in [0, 0.05) is 31.3 Å². The SMILES string of the molecule is C=CC1CCCN(c2ncc3c(n2)CCOC3)C1. The summed E-state index contributed by atoms with van der Waals surface area (Å²) in [5.74, 6) is 1.45. The lowest BCUT2D eigenvalue weighted by Crippen LogP contribution is -2.36. The molecule has 4 nitrogen and oxygen atoms in total. The van der Waals surface area contributed by atoms with Gasteiger partial charge in [-0.15, -0.1) is 6.58 Å². The highest BCUT2D eigenvalue weighted by molar-refractivity contribution is 5.34. The maximum absolute atomic E-state index is 5.41. The molecule has 1 aromatic rings. The molecular weight excluding hydrogens is 226 g/mol. The highest BCUT2D eigenvalue weighted by Gasteiger charge is 2.21. The average molecular weight is 245 g/mol. The van der Waals surface area contributed by atoms with E-state index in [4.69, 9.17) is 9.72 Å². The van der Waals surface area contributed by atoms with E-state index in [9.17, 15) is 0 Å². The second-order valence-electron chi connectivity index (χ2n) is 5.03. The van der Waals surface area contributed by atoms with Gasteiger partial charge in [-0.25, -0.2) is 9.97 Å². The van der Waals surface area contributed by atoms with Gasteiger partial charge in [0.1, 0.15) is 0 Å². The number of ether oxygens (including phenoxy) is 1. The molecule has 0 aromatic carbocycles. The Morgan fingerprint density at radius 3 is 3.33 bits per heavy atom. The highest BCUT2D eigenvalue weighted by Crippen LogP contribution is 2.22. The largest absolute Gasteiger partial charge is 0.376 e. The van der Waals surface area contributed by atoms with E-state index < -0.39 is 0 Å². The second-order valence-corrected chi connectivity index (χ2v) is 5.03. The first kappa shape index (κ1) is 11.7. The Labute approximate surface area is 108 Å². The maximum atomic E-state index is 5.41. The summed E-state index contributed by atoms with van der Waals surface area (Å²) in [4.78, 5) is 11.5. The van der Waals surface area contributed by atoms with Crippen molar-refractivity contribution in [1.82, 2.24) is 9.97 Å². The molecule has 3 rings (SSSR count). The molecule has 4 heteroatoms. The number of fused-ring (bicyclic) bond motifs is 1. The van der Waals surface area contributed by atoms with E-state index in [0.29, 0.717) is 12.5 Å². The van der Waals surface area contributed by atoms with Gasteiger partial charge in [-0.05, 0) is 18.8 Å². The summed E-state index contributed by atoms with van der Waals surface area (Å²) in [6, 6.07) is 0. The molecule has 1 fully saturated rings. The summed E-state index contributed by atoms with van der Waals surface area (Å²) in [7, 11) is 0. The molecular formula is C14H19N3O. The standard InChI is InChI=1S/C14H19N3O/c1-2-11-4-3-6-17(9-11)14-15-8-12-10-18-7-5-13(12)16-14/h2,8,11H,1,3-7,9-10H2. The van der Waals surface area contributed by atoms with Crippen molar-refractivity contribution in [2.45, 2.75) is 25.9 Å². The minimum atomic E-state index is 0.571. The van der Waals surface area contributed by atoms with Gasteiger partial charge in [0.15, 0.2) is 0 Å². The Morgan fingerprint density at radius 1 is 1.50 bits per heavy atom. The molecule has 0 bridgehead atoms. The first-order chi connectivity index (χ1) is 8.86. The maximum Gasteiger partial charge on any atom is 0.225 e. The first-order valence-corrected chi connectivity index (χ1v) is 6.67. The van der Waals surface area contributed by atoms with Crippen molar-refractivity contribution in [3.8, 4) is 0 Å². The average Bonchev–Trinajstić information content (AvgIpc) is 2.47. The molecule has 3 heterocycles. The molecule has 2 aliphatic rings. The van der Waals surface area contributed by atoms with Crippen LogP contribution in [0.3, 0.4) is 0 Å². The van der Waals surface area contributed by atoms with Crippen molar-refractivity contribution in [3.05, 3.63) is 30.1 Å². The van der Waals surface area contributed by atoms with Crippen LogP contribution in [-0.4, -0.2) is 29.7 Å². The molecule has 0 aliphatic carbocycles. The fourth-order valence-electron chi connectivity index (χ4n) is 2.66. The second kappa shape index (κ2) is 5.06. The van der Waals surface area contributed by atoms with Gasteiger partial charge >= 0.3 is 0 Å². The molecule has 0 N–H and O–H groups in total. The van der Waals surface area contributed by atoms with E-state index >= 15 is 0 Å². The third-order valence-electron chi connectivity index (χ3n) is 3.76. The van der Waals surface area contributed by atoms with Crippen molar-refractivity contribution < 1.29 is 4.74 Å². The number of anilines is 1. The Bertz CT molecular complexity index is 447. The summed E-state index contributed by atoms with van der Waals surface area (Å²) in [6.07, 6.45) is 7.31. The van der Waals surface area contributed by atoms with Gasteiger partial charge in [0.25, 0.3) is 0 Å². The van der Waals surface area contributed by atoms with Crippen LogP contribution in [0.25, 0.3) is 0 Å². The normalized spacial score (nSPS) is 23.6. The Hall–Kier alpha value is -1.42. The third kappa shape index (κ3) is 2.25. The number of aromatic nitrogens is 2. The summed E-state index contributed by atoms with van der Waals surface area (Å²) < 4.78 is 5.41. The van der Waals surface area contributed by atoms with Crippen molar-refractivity contribution >= 4 is 5.95 Å². The Kier molecular flexibility index (Phi) is 3.28. The summed E-state index contributed by atoms with van der Waals surface area (Å²) in [5.41, 5.74) is 2.30. The van der Waals surface area contributed by atoms with E-state index in [-0.39, 0.29) is 0 Å². The van der Waals surface area contributed by atoms with Crippen molar-refractivity contribution in [3.63, 3.8) is 0 Å². The van der Waals surface area contributed by atoms with Crippen LogP contribution in [0, 0.1) is 5.92 Å². The number of piperidine rings is 1. The molecule has 1 atom stereocenters. The van der Waals surface area contributed by atoms with E-state index in [0.717, 1.165) is 43.3 Å². The predicted molar refractivity (Wildman–Crippen MR) is 70.5 cm³/mol. The van der Waals surface area contributed by atoms with Crippen LogP contribution in [0.5, 0.6) is 0 Å².